The van der Waals surface area contributed by atoms with Crippen LogP contribution in [0.5, 0.6) is 5.75 Å². The van der Waals surface area contributed by atoms with E-state index in [0.29, 0.717) is 49.7 Å². The van der Waals surface area contributed by atoms with Crippen molar-refractivity contribution in [1.29, 1.82) is 0 Å². The van der Waals surface area contributed by atoms with E-state index in [1.54, 1.807) is 6.07 Å². The highest BCUT2D eigenvalue weighted by Crippen LogP contribution is 2.61. The molecule has 0 radical (unpaired) electrons. The first-order chi connectivity index (χ1) is 15.5. The molecule has 1 aromatic rings. The van der Waals surface area contributed by atoms with Crippen LogP contribution in [0.25, 0.3) is 0 Å². The summed E-state index contributed by atoms with van der Waals surface area (Å²) in [5, 5.41) is 0. The van der Waals surface area contributed by atoms with E-state index in [0.717, 1.165) is 24.9 Å². The van der Waals surface area contributed by atoms with Crippen LogP contribution < -0.4 is 4.74 Å². The molecule has 0 N–H and O–H groups in total. The second kappa shape index (κ2) is 8.94. The van der Waals surface area contributed by atoms with Crippen LogP contribution in [0.2, 0.25) is 0 Å². The Kier molecular flexibility index (Phi) is 6.19. The van der Waals surface area contributed by atoms with Gasteiger partial charge in [0, 0.05) is 19.6 Å². The van der Waals surface area contributed by atoms with Crippen LogP contribution in [0.3, 0.4) is 0 Å². The number of carbonyl (C=O) groups excluding carboxylic acids is 1. The van der Waals surface area contributed by atoms with Gasteiger partial charge in [0.2, 0.25) is 0 Å². The van der Waals surface area contributed by atoms with Crippen LogP contribution >= 0.6 is 0 Å². The summed E-state index contributed by atoms with van der Waals surface area (Å²) in [5.74, 6) is 2.24. The van der Waals surface area contributed by atoms with Crippen molar-refractivity contribution < 1.29 is 23.4 Å². The van der Waals surface area contributed by atoms with Crippen molar-refractivity contribution in [3.05, 3.63) is 29.6 Å². The molecule has 5 fully saturated rings. The molecule has 0 aromatic heterocycles. The zero-order valence-electron chi connectivity index (χ0n) is 19.4. The zero-order valence-corrected chi connectivity index (χ0v) is 19.4. The molecule has 5 nitrogen and oxygen atoms in total. The Labute approximate surface area is 190 Å². The molecule has 0 spiro atoms. The van der Waals surface area contributed by atoms with Crippen LogP contribution in [0.15, 0.2) is 18.2 Å². The number of hydrogen-bond donors (Lipinski definition) is 0. The summed E-state index contributed by atoms with van der Waals surface area (Å²) in [4.78, 5) is 14.9. The molecule has 4 aliphatic carbocycles. The Morgan fingerprint density at radius 3 is 2.41 bits per heavy atom. The molecule has 1 aliphatic heterocycles. The van der Waals surface area contributed by atoms with Crippen molar-refractivity contribution in [3.8, 4) is 5.75 Å². The summed E-state index contributed by atoms with van der Waals surface area (Å²) >= 11 is 0. The number of hydrogen-bond acceptors (Lipinski definition) is 5. The summed E-state index contributed by atoms with van der Waals surface area (Å²) in [6.07, 6.45) is 6.12. The molecule has 6 heteroatoms. The summed E-state index contributed by atoms with van der Waals surface area (Å²) in [6.45, 7) is 8.56. The Balaban J connectivity index is 1.29. The number of ether oxygens (including phenoxy) is 3. The minimum Gasteiger partial charge on any atom is -0.483 e. The maximum Gasteiger partial charge on any atom is 0.338 e. The van der Waals surface area contributed by atoms with Crippen molar-refractivity contribution in [2.45, 2.75) is 51.6 Å². The van der Waals surface area contributed by atoms with E-state index in [9.17, 15) is 9.18 Å². The molecule has 176 valence electrons. The van der Waals surface area contributed by atoms with Crippen molar-refractivity contribution in [3.63, 3.8) is 0 Å². The van der Waals surface area contributed by atoms with Gasteiger partial charge in [-0.15, -0.1) is 0 Å². The van der Waals surface area contributed by atoms with Crippen molar-refractivity contribution >= 4 is 5.97 Å². The lowest BCUT2D eigenvalue weighted by Crippen LogP contribution is -2.63. The molecular formula is C26H36FNO4. The lowest BCUT2D eigenvalue weighted by atomic mass is 9.47. The van der Waals surface area contributed by atoms with Crippen molar-refractivity contribution in [1.82, 2.24) is 4.90 Å². The second-order valence-corrected chi connectivity index (χ2v) is 10.6. The fraction of sp³-hybridized carbons (Fsp3) is 0.731. The van der Waals surface area contributed by atoms with Gasteiger partial charge >= 0.3 is 5.97 Å². The number of halogens is 1. The maximum absolute atomic E-state index is 14.9. The number of esters is 1. The van der Waals surface area contributed by atoms with Gasteiger partial charge in [0.15, 0.2) is 11.6 Å². The third-order valence-corrected chi connectivity index (χ3v) is 8.51. The minimum atomic E-state index is -0.424. The molecule has 1 saturated heterocycles. The zero-order chi connectivity index (χ0) is 22.3. The van der Waals surface area contributed by atoms with Crippen molar-refractivity contribution in [2.24, 2.45) is 29.6 Å². The smallest absolute Gasteiger partial charge is 0.338 e. The van der Waals surface area contributed by atoms with Gasteiger partial charge in [-0.25, -0.2) is 9.18 Å². The van der Waals surface area contributed by atoms with Crippen LogP contribution in [0.4, 0.5) is 4.39 Å². The predicted molar refractivity (Wildman–Crippen MR) is 119 cm³/mol. The maximum atomic E-state index is 14.9. The van der Waals surface area contributed by atoms with Crippen LogP contribution in [0, 0.1) is 35.4 Å². The molecule has 0 atom stereocenters. The topological polar surface area (TPSA) is 48.0 Å². The van der Waals surface area contributed by atoms with Gasteiger partial charge in [-0.3, -0.25) is 4.90 Å². The quantitative estimate of drug-likeness (QED) is 0.577. The first kappa shape index (κ1) is 22.1. The molecule has 0 unspecified atom stereocenters. The van der Waals surface area contributed by atoms with Crippen LogP contribution in [0.1, 0.15) is 56.3 Å². The molecule has 32 heavy (non-hydrogen) atoms. The fourth-order valence-electron chi connectivity index (χ4n) is 7.22. The van der Waals surface area contributed by atoms with E-state index in [1.807, 2.05) is 0 Å². The normalized spacial score (nSPS) is 34.1. The summed E-state index contributed by atoms with van der Waals surface area (Å²) in [7, 11) is 0. The van der Waals surface area contributed by atoms with E-state index in [2.05, 4.69) is 18.7 Å². The van der Waals surface area contributed by atoms with Gasteiger partial charge in [-0.05, 0) is 79.9 Å². The first-order valence-corrected chi connectivity index (χ1v) is 12.4. The molecule has 4 bridgehead atoms. The highest BCUT2D eigenvalue weighted by atomic mass is 19.1. The van der Waals surface area contributed by atoms with Gasteiger partial charge in [0.25, 0.3) is 0 Å². The molecule has 6 rings (SSSR count). The Morgan fingerprint density at radius 2 is 1.78 bits per heavy atom. The van der Waals surface area contributed by atoms with E-state index in [4.69, 9.17) is 14.2 Å². The standard InChI is InChI=1S/C26H36FNO4/c1-17(2)26(21-12-18-11-19(14-21)15-22(26)13-18)32-24-16-20(3-4-23(24)27)25(29)31-10-7-28-5-8-30-9-6-28/h3-4,16-19,21-22H,5-15H2,1-2H3. The molecule has 1 aromatic carbocycles. The molecule has 5 aliphatic rings. The number of benzene rings is 1. The summed E-state index contributed by atoms with van der Waals surface area (Å²) in [6, 6.07) is 4.40. The van der Waals surface area contributed by atoms with Crippen molar-refractivity contribution in [2.75, 3.05) is 39.5 Å². The first-order valence-electron chi connectivity index (χ1n) is 12.4. The molecule has 0 amide bonds. The largest absolute Gasteiger partial charge is 0.483 e. The average Bonchev–Trinajstić information content (AvgIpc) is 2.77. The molecule has 1 heterocycles. The van der Waals surface area contributed by atoms with E-state index in [1.165, 1.54) is 44.2 Å². The second-order valence-electron chi connectivity index (χ2n) is 10.6. The Hall–Kier alpha value is -1.66. The lowest BCUT2D eigenvalue weighted by molar-refractivity contribution is -0.180. The monoisotopic (exact) mass is 445 g/mol. The number of morpholine rings is 1. The molecular weight excluding hydrogens is 409 g/mol. The van der Waals surface area contributed by atoms with Crippen LogP contribution in [-0.2, 0) is 9.47 Å². The predicted octanol–water partition coefficient (Wildman–Crippen LogP) is 4.54. The summed E-state index contributed by atoms with van der Waals surface area (Å²) in [5.41, 5.74) is 0.0127. The van der Waals surface area contributed by atoms with Gasteiger partial charge in [0.1, 0.15) is 12.2 Å². The highest BCUT2D eigenvalue weighted by molar-refractivity contribution is 5.89. The van der Waals surface area contributed by atoms with E-state index in [-0.39, 0.29) is 11.4 Å². The SMILES string of the molecule is CC(C)C1(Oc2cc(C(=O)OCCN3CCOCC3)ccc2F)C2CC3CC(C2)CC1C3. The Morgan fingerprint density at radius 1 is 1.12 bits per heavy atom. The number of nitrogens with zero attached hydrogens (tertiary/aromatic N) is 1. The van der Waals surface area contributed by atoms with E-state index >= 15 is 0 Å². The third-order valence-electron chi connectivity index (χ3n) is 8.51. The summed E-state index contributed by atoms with van der Waals surface area (Å²) < 4.78 is 32.4. The Bertz CT molecular complexity index is 807. The van der Waals surface area contributed by atoms with Crippen LogP contribution in [-0.4, -0.2) is 55.9 Å². The number of rotatable bonds is 7. The lowest BCUT2D eigenvalue weighted by Gasteiger charge is -2.62. The minimum absolute atomic E-state index is 0.203. The number of carbonyl (C=O) groups is 1. The van der Waals surface area contributed by atoms with Gasteiger partial charge in [-0.1, -0.05) is 13.8 Å². The average molecular weight is 446 g/mol. The molecule has 4 saturated carbocycles. The third kappa shape index (κ3) is 4.05. The van der Waals surface area contributed by atoms with E-state index < -0.39 is 11.8 Å². The van der Waals surface area contributed by atoms with Gasteiger partial charge in [-0.2, -0.15) is 0 Å². The van der Waals surface area contributed by atoms with Gasteiger partial charge in [0.05, 0.1) is 18.8 Å². The fourth-order valence-corrected chi connectivity index (χ4v) is 7.22. The highest BCUT2D eigenvalue weighted by Gasteiger charge is 2.60. The van der Waals surface area contributed by atoms with Gasteiger partial charge < -0.3 is 14.2 Å².